The maximum atomic E-state index is 12.3. The number of carbonyl (C=O) groups excluding carboxylic acids is 1. The number of hydrogen-bond acceptors (Lipinski definition) is 2. The number of nitrogens with zero attached hydrogens (tertiary/aromatic N) is 1. The van der Waals surface area contributed by atoms with Crippen molar-refractivity contribution < 1.29 is 9.90 Å². The van der Waals surface area contributed by atoms with E-state index in [0.717, 1.165) is 38.6 Å². The Balaban J connectivity index is 1.81. The fourth-order valence-corrected chi connectivity index (χ4v) is 4.75. The Morgan fingerprint density at radius 3 is 2.68 bits per heavy atom. The number of carbonyl (C=O) groups is 1. The van der Waals surface area contributed by atoms with Crippen molar-refractivity contribution in [2.45, 2.75) is 76.9 Å². The molecule has 3 unspecified atom stereocenters. The highest BCUT2D eigenvalue weighted by Gasteiger charge is 2.50. The van der Waals surface area contributed by atoms with Gasteiger partial charge in [0.15, 0.2) is 0 Å². The van der Waals surface area contributed by atoms with E-state index in [9.17, 15) is 9.90 Å². The van der Waals surface area contributed by atoms with Crippen molar-refractivity contribution in [3.63, 3.8) is 0 Å². The molecule has 1 heterocycles. The van der Waals surface area contributed by atoms with Crippen LogP contribution >= 0.6 is 0 Å². The zero-order chi connectivity index (χ0) is 13.5. The van der Waals surface area contributed by atoms with Gasteiger partial charge in [-0.15, -0.1) is 0 Å². The smallest absolute Gasteiger partial charge is 0.223 e. The molecule has 0 bridgehead atoms. The van der Waals surface area contributed by atoms with Gasteiger partial charge in [-0.1, -0.05) is 26.2 Å². The standard InChI is InChI=1S/C16H27NO2/c1-2-12-9-15(19)17(11-12)14-10-13(18)5-8-16(14)6-3-4-7-16/h12-14,18H,2-11H2,1H3. The van der Waals surface area contributed by atoms with Gasteiger partial charge in [-0.3, -0.25) is 4.79 Å². The van der Waals surface area contributed by atoms with Gasteiger partial charge in [-0.25, -0.2) is 0 Å². The fraction of sp³-hybridized carbons (Fsp3) is 0.938. The first-order chi connectivity index (χ1) is 9.14. The highest BCUT2D eigenvalue weighted by molar-refractivity contribution is 5.79. The van der Waals surface area contributed by atoms with Gasteiger partial charge in [0.1, 0.15) is 0 Å². The van der Waals surface area contributed by atoms with E-state index >= 15 is 0 Å². The van der Waals surface area contributed by atoms with E-state index in [2.05, 4.69) is 11.8 Å². The van der Waals surface area contributed by atoms with Crippen LogP contribution in [0.2, 0.25) is 0 Å². The molecule has 1 saturated heterocycles. The van der Waals surface area contributed by atoms with Crippen molar-refractivity contribution >= 4 is 5.91 Å². The van der Waals surface area contributed by atoms with Crippen molar-refractivity contribution in [2.24, 2.45) is 11.3 Å². The summed E-state index contributed by atoms with van der Waals surface area (Å²) in [6.45, 7) is 3.12. The van der Waals surface area contributed by atoms with Gasteiger partial charge in [-0.05, 0) is 43.4 Å². The molecule has 3 heteroatoms. The van der Waals surface area contributed by atoms with Crippen LogP contribution in [0.15, 0.2) is 0 Å². The van der Waals surface area contributed by atoms with E-state index in [-0.39, 0.29) is 6.10 Å². The molecule has 0 radical (unpaired) electrons. The lowest BCUT2D eigenvalue weighted by molar-refractivity contribution is -0.135. The molecule has 19 heavy (non-hydrogen) atoms. The van der Waals surface area contributed by atoms with Gasteiger partial charge in [-0.2, -0.15) is 0 Å². The second kappa shape index (κ2) is 5.08. The summed E-state index contributed by atoms with van der Waals surface area (Å²) < 4.78 is 0. The molecule has 3 atom stereocenters. The van der Waals surface area contributed by atoms with Crippen LogP contribution in [0.5, 0.6) is 0 Å². The van der Waals surface area contributed by atoms with Gasteiger partial charge in [0.05, 0.1) is 6.10 Å². The molecule has 1 spiro atoms. The molecular weight excluding hydrogens is 238 g/mol. The third kappa shape index (κ3) is 2.31. The van der Waals surface area contributed by atoms with Crippen LogP contribution in [-0.2, 0) is 4.79 Å². The first-order valence-corrected chi connectivity index (χ1v) is 8.12. The number of hydrogen-bond donors (Lipinski definition) is 1. The summed E-state index contributed by atoms with van der Waals surface area (Å²) in [6, 6.07) is 0.322. The number of likely N-dealkylation sites (tertiary alicyclic amines) is 1. The lowest BCUT2D eigenvalue weighted by atomic mass is 9.67. The zero-order valence-corrected chi connectivity index (χ0v) is 12.1. The maximum Gasteiger partial charge on any atom is 0.223 e. The highest BCUT2D eigenvalue weighted by Crippen LogP contribution is 2.51. The van der Waals surface area contributed by atoms with E-state index in [4.69, 9.17) is 0 Å². The van der Waals surface area contributed by atoms with Crippen molar-refractivity contribution in [3.8, 4) is 0 Å². The Bertz CT molecular complexity index is 349. The quantitative estimate of drug-likeness (QED) is 0.834. The predicted octanol–water partition coefficient (Wildman–Crippen LogP) is 2.72. The predicted molar refractivity (Wildman–Crippen MR) is 74.7 cm³/mol. The van der Waals surface area contributed by atoms with Crippen LogP contribution in [0.4, 0.5) is 0 Å². The van der Waals surface area contributed by atoms with Gasteiger partial charge < -0.3 is 10.0 Å². The minimum absolute atomic E-state index is 0.190. The zero-order valence-electron chi connectivity index (χ0n) is 12.1. The highest BCUT2D eigenvalue weighted by atomic mass is 16.3. The minimum Gasteiger partial charge on any atom is -0.393 e. The van der Waals surface area contributed by atoms with Crippen molar-refractivity contribution in [2.75, 3.05) is 6.54 Å². The van der Waals surface area contributed by atoms with Crippen LogP contribution in [0, 0.1) is 11.3 Å². The largest absolute Gasteiger partial charge is 0.393 e. The van der Waals surface area contributed by atoms with Gasteiger partial charge in [0, 0.05) is 19.0 Å². The van der Waals surface area contributed by atoms with Crippen LogP contribution in [0.25, 0.3) is 0 Å². The Morgan fingerprint density at radius 2 is 2.05 bits per heavy atom. The molecule has 2 aliphatic carbocycles. The summed E-state index contributed by atoms with van der Waals surface area (Å²) in [4.78, 5) is 14.5. The molecular formula is C16H27NO2. The monoisotopic (exact) mass is 265 g/mol. The molecule has 1 N–H and O–H groups in total. The summed E-state index contributed by atoms with van der Waals surface area (Å²) >= 11 is 0. The van der Waals surface area contributed by atoms with Gasteiger partial charge >= 0.3 is 0 Å². The summed E-state index contributed by atoms with van der Waals surface area (Å²) in [5.74, 6) is 0.891. The SMILES string of the molecule is CCC1CC(=O)N(C2CC(O)CCC23CCCC3)C1. The van der Waals surface area contributed by atoms with Gasteiger partial charge in [0.25, 0.3) is 0 Å². The van der Waals surface area contributed by atoms with Crippen molar-refractivity contribution in [1.29, 1.82) is 0 Å². The van der Waals surface area contributed by atoms with E-state index in [1.807, 2.05) is 0 Å². The normalized spacial score (nSPS) is 38.3. The number of aliphatic hydroxyl groups is 1. The third-order valence-corrected chi connectivity index (χ3v) is 5.97. The Kier molecular flexibility index (Phi) is 3.59. The molecule has 3 rings (SSSR count). The third-order valence-electron chi connectivity index (χ3n) is 5.97. The summed E-state index contributed by atoms with van der Waals surface area (Å²) in [7, 11) is 0. The molecule has 108 valence electrons. The summed E-state index contributed by atoms with van der Waals surface area (Å²) in [5.41, 5.74) is 0.345. The Morgan fingerprint density at radius 1 is 1.32 bits per heavy atom. The average Bonchev–Trinajstić information content (AvgIpc) is 3.00. The number of rotatable bonds is 2. The molecule has 0 aromatic rings. The van der Waals surface area contributed by atoms with Crippen molar-refractivity contribution in [1.82, 2.24) is 4.90 Å². The molecule has 0 aromatic carbocycles. The Labute approximate surface area is 116 Å². The minimum atomic E-state index is -0.190. The fourth-order valence-electron chi connectivity index (χ4n) is 4.75. The molecule has 3 fully saturated rings. The van der Waals surface area contributed by atoms with E-state index in [0.29, 0.717) is 23.3 Å². The van der Waals surface area contributed by atoms with E-state index < -0.39 is 0 Å². The maximum absolute atomic E-state index is 12.3. The topological polar surface area (TPSA) is 40.5 Å². The van der Waals surface area contributed by atoms with E-state index in [1.165, 1.54) is 25.7 Å². The van der Waals surface area contributed by atoms with Crippen LogP contribution < -0.4 is 0 Å². The molecule has 2 saturated carbocycles. The van der Waals surface area contributed by atoms with Crippen LogP contribution in [0.3, 0.4) is 0 Å². The van der Waals surface area contributed by atoms with Crippen LogP contribution in [-0.4, -0.2) is 34.6 Å². The molecule has 3 aliphatic rings. The second-order valence-corrected chi connectivity index (χ2v) is 7.04. The molecule has 1 aliphatic heterocycles. The molecule has 3 nitrogen and oxygen atoms in total. The number of amides is 1. The first kappa shape index (κ1) is 13.4. The lowest BCUT2D eigenvalue weighted by Gasteiger charge is -2.47. The lowest BCUT2D eigenvalue weighted by Crippen LogP contribution is -2.52. The summed E-state index contributed by atoms with van der Waals surface area (Å²) in [5, 5.41) is 10.1. The van der Waals surface area contributed by atoms with Crippen molar-refractivity contribution in [3.05, 3.63) is 0 Å². The average molecular weight is 265 g/mol. The van der Waals surface area contributed by atoms with Gasteiger partial charge in [0.2, 0.25) is 5.91 Å². The molecule has 0 aromatic heterocycles. The van der Waals surface area contributed by atoms with Crippen LogP contribution in [0.1, 0.15) is 64.7 Å². The number of aliphatic hydroxyl groups excluding tert-OH is 1. The second-order valence-electron chi connectivity index (χ2n) is 7.04. The Hall–Kier alpha value is -0.570. The summed E-state index contributed by atoms with van der Waals surface area (Å²) in [6.07, 6.45) is 9.69. The molecule has 1 amide bonds. The van der Waals surface area contributed by atoms with E-state index in [1.54, 1.807) is 0 Å². The first-order valence-electron chi connectivity index (χ1n) is 8.12.